The van der Waals surface area contributed by atoms with Crippen molar-refractivity contribution in [2.24, 2.45) is 0 Å². The average Bonchev–Trinajstić information content (AvgIpc) is 3.24. The molecule has 4 rings (SSSR count). The molecule has 0 amide bonds. The Morgan fingerprint density at radius 2 is 1.27 bits per heavy atom. The number of fused-ring (bicyclic) bond motifs is 2. The van der Waals surface area contributed by atoms with Gasteiger partial charge in [0.2, 0.25) is 0 Å². The summed E-state index contributed by atoms with van der Waals surface area (Å²) >= 11 is 12.3. The first-order chi connectivity index (χ1) is 12.4. The smallest absolute Gasteiger partial charge is 0.335 e. The van der Waals surface area contributed by atoms with Crippen LogP contribution < -0.4 is 0 Å². The van der Waals surface area contributed by atoms with Crippen molar-refractivity contribution in [1.82, 2.24) is 0 Å². The molecular formula is C20H17Br2ClO3. The standard InChI is InChI=1S/C10H8BrClO.C10H9BrO2/c2*11-9-5-7(10(12)13)4-6-2-1-3-8(6)9/h4-5H,1-3H2;4-5H,1-3H2,(H,12,13). The van der Waals surface area contributed by atoms with Crippen LogP contribution >= 0.6 is 43.5 Å². The van der Waals surface area contributed by atoms with Gasteiger partial charge in [0.1, 0.15) is 0 Å². The number of carbonyl (C=O) groups is 2. The second kappa shape index (κ2) is 8.24. The number of rotatable bonds is 2. The van der Waals surface area contributed by atoms with Crippen molar-refractivity contribution < 1.29 is 14.7 Å². The van der Waals surface area contributed by atoms with Gasteiger partial charge in [0.05, 0.1) is 5.56 Å². The lowest BCUT2D eigenvalue weighted by Gasteiger charge is -2.03. The van der Waals surface area contributed by atoms with Crippen LogP contribution in [0, 0.1) is 0 Å². The minimum Gasteiger partial charge on any atom is -0.478 e. The summed E-state index contributed by atoms with van der Waals surface area (Å²) in [5, 5.41) is 8.44. The Bertz CT molecular complexity index is 820. The Morgan fingerprint density at radius 3 is 1.73 bits per heavy atom. The van der Waals surface area contributed by atoms with Crippen LogP contribution in [-0.4, -0.2) is 16.3 Å². The summed E-state index contributed by atoms with van der Waals surface area (Å²) in [6, 6.07) is 7.18. The molecule has 1 N–H and O–H groups in total. The number of hydrogen-bond donors (Lipinski definition) is 1. The van der Waals surface area contributed by atoms with Gasteiger partial charge in [-0.25, -0.2) is 4.79 Å². The summed E-state index contributed by atoms with van der Waals surface area (Å²) in [7, 11) is 0. The van der Waals surface area contributed by atoms with Gasteiger partial charge < -0.3 is 5.11 Å². The molecule has 2 aliphatic carbocycles. The average molecular weight is 501 g/mol. The van der Waals surface area contributed by atoms with Crippen LogP contribution in [0.5, 0.6) is 0 Å². The van der Waals surface area contributed by atoms with E-state index in [1.165, 1.54) is 28.7 Å². The number of aromatic carboxylic acids is 1. The first kappa shape index (κ1) is 19.6. The first-order valence-electron chi connectivity index (χ1n) is 8.42. The van der Waals surface area contributed by atoms with Crippen LogP contribution in [0.2, 0.25) is 0 Å². The van der Waals surface area contributed by atoms with Crippen molar-refractivity contribution in [3.05, 3.63) is 66.6 Å². The molecule has 0 spiro atoms. The van der Waals surface area contributed by atoms with E-state index in [1.54, 1.807) is 18.2 Å². The monoisotopic (exact) mass is 498 g/mol. The van der Waals surface area contributed by atoms with Gasteiger partial charge in [0, 0.05) is 14.5 Å². The molecule has 0 atom stereocenters. The van der Waals surface area contributed by atoms with E-state index in [0.717, 1.165) is 41.0 Å². The summed E-state index contributed by atoms with van der Waals surface area (Å²) in [5.41, 5.74) is 6.04. The van der Waals surface area contributed by atoms with Crippen molar-refractivity contribution in [3.8, 4) is 0 Å². The third-order valence-corrected chi connectivity index (χ3v) is 6.43. The van der Waals surface area contributed by atoms with E-state index >= 15 is 0 Å². The molecule has 0 radical (unpaired) electrons. The Kier molecular flexibility index (Phi) is 6.21. The molecule has 3 nitrogen and oxygen atoms in total. The van der Waals surface area contributed by atoms with E-state index in [1.807, 2.05) is 6.07 Å². The van der Waals surface area contributed by atoms with E-state index in [2.05, 4.69) is 31.9 Å². The summed E-state index contributed by atoms with van der Waals surface area (Å²) < 4.78 is 1.96. The molecular weight excluding hydrogens is 483 g/mol. The number of carboxylic acids is 1. The van der Waals surface area contributed by atoms with Crippen LogP contribution in [0.25, 0.3) is 0 Å². The van der Waals surface area contributed by atoms with Gasteiger partial charge >= 0.3 is 5.97 Å². The molecule has 26 heavy (non-hydrogen) atoms. The zero-order valence-corrected chi connectivity index (χ0v) is 17.9. The highest BCUT2D eigenvalue weighted by Crippen LogP contribution is 2.31. The lowest BCUT2D eigenvalue weighted by molar-refractivity contribution is 0.0696. The third-order valence-electron chi connectivity index (χ3n) is 4.80. The SMILES string of the molecule is O=C(Cl)c1cc(Br)c2c(c1)CCC2.O=C(O)c1cc(Br)c2c(c1)CCC2. The molecule has 2 aromatic carbocycles. The predicted octanol–water partition coefficient (Wildman–Crippen LogP) is 5.95. The Labute approximate surface area is 174 Å². The van der Waals surface area contributed by atoms with E-state index in [4.69, 9.17) is 16.7 Å². The molecule has 2 aromatic rings. The molecule has 0 fully saturated rings. The number of halogens is 3. The van der Waals surface area contributed by atoms with Crippen molar-refractivity contribution in [3.63, 3.8) is 0 Å². The number of carboxylic acid groups (broad SMARTS) is 1. The topological polar surface area (TPSA) is 54.4 Å². The van der Waals surface area contributed by atoms with Crippen molar-refractivity contribution in [2.75, 3.05) is 0 Å². The molecule has 0 saturated heterocycles. The fourth-order valence-electron chi connectivity index (χ4n) is 3.54. The van der Waals surface area contributed by atoms with Gasteiger partial charge in [-0.15, -0.1) is 0 Å². The van der Waals surface area contributed by atoms with Crippen LogP contribution in [0.15, 0.2) is 33.2 Å². The minimum absolute atomic E-state index is 0.379. The quantitative estimate of drug-likeness (QED) is 0.518. The fraction of sp³-hybridized carbons (Fsp3) is 0.300. The lowest BCUT2D eigenvalue weighted by atomic mass is 10.1. The van der Waals surface area contributed by atoms with Crippen LogP contribution in [-0.2, 0) is 25.7 Å². The van der Waals surface area contributed by atoms with Crippen molar-refractivity contribution >= 4 is 54.7 Å². The molecule has 2 aliphatic rings. The predicted molar refractivity (Wildman–Crippen MR) is 109 cm³/mol. The van der Waals surface area contributed by atoms with Gasteiger partial charge in [-0.05, 0) is 96.6 Å². The van der Waals surface area contributed by atoms with Crippen molar-refractivity contribution in [2.45, 2.75) is 38.5 Å². The molecule has 6 heteroatoms. The molecule has 0 aromatic heterocycles. The summed E-state index contributed by atoms with van der Waals surface area (Å²) in [6.45, 7) is 0. The maximum absolute atomic E-state index is 10.9. The van der Waals surface area contributed by atoms with Crippen LogP contribution in [0.1, 0.15) is 55.8 Å². The second-order valence-corrected chi connectivity index (χ2v) is 8.53. The molecule has 0 bridgehead atoms. The zero-order chi connectivity index (χ0) is 18.8. The highest BCUT2D eigenvalue weighted by Gasteiger charge is 2.17. The summed E-state index contributed by atoms with van der Waals surface area (Å²) in [4.78, 5) is 21.7. The molecule has 136 valence electrons. The second-order valence-electron chi connectivity index (χ2n) is 6.48. The van der Waals surface area contributed by atoms with Gasteiger partial charge in [0.15, 0.2) is 0 Å². The highest BCUT2D eigenvalue weighted by molar-refractivity contribution is 9.10. The molecule has 0 aliphatic heterocycles. The van der Waals surface area contributed by atoms with Gasteiger partial charge in [-0.3, -0.25) is 4.79 Å². The Morgan fingerprint density at radius 1 is 0.808 bits per heavy atom. The Balaban J connectivity index is 0.000000151. The largest absolute Gasteiger partial charge is 0.478 e. The summed E-state index contributed by atoms with van der Waals surface area (Å²) in [6.07, 6.45) is 6.55. The third kappa shape index (κ3) is 4.21. The van der Waals surface area contributed by atoms with Gasteiger partial charge in [-0.2, -0.15) is 0 Å². The number of aryl methyl sites for hydroxylation is 2. The van der Waals surface area contributed by atoms with E-state index < -0.39 is 5.97 Å². The first-order valence-corrected chi connectivity index (χ1v) is 10.4. The van der Waals surface area contributed by atoms with E-state index in [9.17, 15) is 9.59 Å². The number of carbonyl (C=O) groups excluding carboxylic acids is 1. The lowest BCUT2D eigenvalue weighted by Crippen LogP contribution is -1.98. The molecule has 0 saturated carbocycles. The van der Waals surface area contributed by atoms with Crippen molar-refractivity contribution in [1.29, 1.82) is 0 Å². The maximum atomic E-state index is 10.9. The number of benzene rings is 2. The Hall–Kier alpha value is -1.17. The van der Waals surface area contributed by atoms with E-state index in [-0.39, 0.29) is 5.24 Å². The number of hydrogen-bond acceptors (Lipinski definition) is 2. The summed E-state index contributed by atoms with van der Waals surface area (Å²) in [5.74, 6) is -0.851. The minimum atomic E-state index is -0.851. The van der Waals surface area contributed by atoms with Gasteiger partial charge in [-0.1, -0.05) is 31.9 Å². The molecule has 0 heterocycles. The van der Waals surface area contributed by atoms with Crippen LogP contribution in [0.3, 0.4) is 0 Å². The fourth-order valence-corrected chi connectivity index (χ4v) is 5.05. The normalized spacial score (nSPS) is 14.3. The molecule has 0 unspecified atom stereocenters. The zero-order valence-electron chi connectivity index (χ0n) is 13.9. The van der Waals surface area contributed by atoms with Gasteiger partial charge in [0.25, 0.3) is 5.24 Å². The maximum Gasteiger partial charge on any atom is 0.335 e. The van der Waals surface area contributed by atoms with E-state index in [0.29, 0.717) is 11.1 Å². The van der Waals surface area contributed by atoms with Crippen LogP contribution in [0.4, 0.5) is 0 Å². The highest BCUT2D eigenvalue weighted by atomic mass is 79.9.